The van der Waals surface area contributed by atoms with Crippen LogP contribution >= 0.6 is 0 Å². The summed E-state index contributed by atoms with van der Waals surface area (Å²) in [5.41, 5.74) is 3.40. The zero-order valence-corrected chi connectivity index (χ0v) is 19.9. The number of benzene rings is 2. The number of anilines is 1. The van der Waals surface area contributed by atoms with Gasteiger partial charge in [-0.25, -0.2) is 9.48 Å². The van der Waals surface area contributed by atoms with Crippen molar-refractivity contribution in [2.45, 2.75) is 44.1 Å². The summed E-state index contributed by atoms with van der Waals surface area (Å²) < 4.78 is 1.54. The first kappa shape index (κ1) is 22.5. The molecule has 4 aromatic rings. The van der Waals surface area contributed by atoms with Crippen molar-refractivity contribution in [2.75, 3.05) is 18.0 Å². The average Bonchev–Trinajstić information content (AvgIpc) is 3.35. The molecule has 9 heteroatoms. The Kier molecular flexibility index (Phi) is 5.75. The third-order valence-electron chi connectivity index (χ3n) is 7.72. The SMILES string of the molecule is O=C(O)C(C1CCC1)n1cc(N2CCC(c3ccc4cc(-c5ccccc5O)nnc4c3)CC2)nn1. The summed E-state index contributed by atoms with van der Waals surface area (Å²) in [6, 6.07) is 14.8. The number of fused-ring (bicyclic) bond motifs is 1. The third-order valence-corrected chi connectivity index (χ3v) is 7.72. The normalized spacial score (nSPS) is 17.7. The monoisotopic (exact) mass is 484 g/mol. The van der Waals surface area contributed by atoms with E-state index < -0.39 is 12.0 Å². The number of aromatic nitrogens is 5. The molecule has 36 heavy (non-hydrogen) atoms. The van der Waals surface area contributed by atoms with Crippen molar-refractivity contribution in [3.63, 3.8) is 0 Å². The van der Waals surface area contributed by atoms with E-state index >= 15 is 0 Å². The molecule has 2 aromatic carbocycles. The summed E-state index contributed by atoms with van der Waals surface area (Å²) in [7, 11) is 0. The fourth-order valence-corrected chi connectivity index (χ4v) is 5.41. The van der Waals surface area contributed by atoms with E-state index in [1.54, 1.807) is 23.0 Å². The van der Waals surface area contributed by atoms with E-state index in [0.29, 0.717) is 17.2 Å². The molecule has 1 unspecified atom stereocenters. The van der Waals surface area contributed by atoms with Gasteiger partial charge in [0.25, 0.3) is 0 Å². The van der Waals surface area contributed by atoms with Crippen molar-refractivity contribution in [3.05, 3.63) is 60.3 Å². The molecule has 0 amide bonds. The number of phenols is 1. The Morgan fingerprint density at radius 3 is 2.50 bits per heavy atom. The van der Waals surface area contributed by atoms with Gasteiger partial charge in [0.2, 0.25) is 0 Å². The molecule has 9 nitrogen and oxygen atoms in total. The van der Waals surface area contributed by atoms with Gasteiger partial charge in [0.1, 0.15) is 5.75 Å². The molecule has 1 saturated heterocycles. The fourth-order valence-electron chi connectivity index (χ4n) is 5.41. The molecule has 2 aliphatic rings. The summed E-state index contributed by atoms with van der Waals surface area (Å²) in [5, 5.41) is 38.1. The first-order valence-corrected chi connectivity index (χ1v) is 12.5. The molecule has 0 spiro atoms. The molecular formula is C27H28N6O3. The standard InChI is InChI=1S/C27H28N6O3/c34-24-7-2-1-6-21(24)23-15-20-9-8-19(14-22(20)28-29-23)17-10-12-32(13-11-17)25-16-33(31-30-25)26(27(35)36)18-4-3-5-18/h1-2,6-9,14-18,26,34H,3-5,10-13H2,(H,35,36). The van der Waals surface area contributed by atoms with Crippen molar-refractivity contribution < 1.29 is 15.0 Å². The van der Waals surface area contributed by atoms with Crippen molar-refractivity contribution >= 4 is 22.7 Å². The van der Waals surface area contributed by atoms with E-state index in [1.807, 2.05) is 18.2 Å². The molecule has 6 rings (SSSR count). The van der Waals surface area contributed by atoms with Gasteiger partial charge in [0.05, 0.1) is 17.4 Å². The number of para-hydroxylation sites is 1. The highest BCUT2D eigenvalue weighted by Gasteiger charge is 2.35. The van der Waals surface area contributed by atoms with E-state index in [2.05, 4.69) is 43.6 Å². The quantitative estimate of drug-likeness (QED) is 0.413. The number of hydrogen-bond acceptors (Lipinski definition) is 7. The van der Waals surface area contributed by atoms with Crippen molar-refractivity contribution in [3.8, 4) is 17.0 Å². The van der Waals surface area contributed by atoms with Crippen LogP contribution in [0.25, 0.3) is 22.2 Å². The Morgan fingerprint density at radius 2 is 1.78 bits per heavy atom. The second kappa shape index (κ2) is 9.22. The van der Waals surface area contributed by atoms with Gasteiger partial charge < -0.3 is 15.1 Å². The highest BCUT2D eigenvalue weighted by molar-refractivity contribution is 5.83. The van der Waals surface area contributed by atoms with Crippen LogP contribution in [0, 0.1) is 5.92 Å². The molecule has 0 radical (unpaired) electrons. The van der Waals surface area contributed by atoms with Gasteiger partial charge >= 0.3 is 5.97 Å². The first-order chi connectivity index (χ1) is 17.6. The second-order valence-electron chi connectivity index (χ2n) is 9.86. The lowest BCUT2D eigenvalue weighted by Crippen LogP contribution is -2.33. The number of hydrogen-bond donors (Lipinski definition) is 2. The van der Waals surface area contributed by atoms with Gasteiger partial charge in [-0.1, -0.05) is 35.9 Å². The molecule has 2 N–H and O–H groups in total. The number of carbonyl (C=O) groups is 1. The van der Waals surface area contributed by atoms with Crippen LogP contribution in [-0.4, -0.2) is 54.5 Å². The second-order valence-corrected chi connectivity index (χ2v) is 9.86. The van der Waals surface area contributed by atoms with Crippen LogP contribution in [0.1, 0.15) is 49.6 Å². The maximum atomic E-state index is 11.8. The maximum absolute atomic E-state index is 11.8. The molecule has 2 aromatic heterocycles. The molecule has 184 valence electrons. The van der Waals surface area contributed by atoms with E-state index in [1.165, 1.54) is 5.56 Å². The van der Waals surface area contributed by atoms with Crippen LogP contribution in [0.5, 0.6) is 5.75 Å². The zero-order valence-electron chi connectivity index (χ0n) is 19.9. The summed E-state index contributed by atoms with van der Waals surface area (Å²) in [6.45, 7) is 1.67. The smallest absolute Gasteiger partial charge is 0.328 e. The topological polar surface area (TPSA) is 117 Å². The lowest BCUT2D eigenvalue weighted by molar-refractivity contribution is -0.144. The molecule has 2 fully saturated rings. The number of aliphatic carboxylic acids is 1. The van der Waals surface area contributed by atoms with Gasteiger partial charge in [-0.15, -0.1) is 15.3 Å². The number of phenolic OH excluding ortho intramolecular Hbond substituents is 1. The van der Waals surface area contributed by atoms with Crippen molar-refractivity contribution in [1.82, 2.24) is 25.2 Å². The van der Waals surface area contributed by atoms with Crippen LogP contribution in [0.2, 0.25) is 0 Å². The predicted octanol–water partition coefficient (Wildman–Crippen LogP) is 4.40. The number of aromatic hydroxyl groups is 1. The lowest BCUT2D eigenvalue weighted by Gasteiger charge is -2.32. The predicted molar refractivity (Wildman–Crippen MR) is 135 cm³/mol. The Balaban J connectivity index is 1.14. The zero-order chi connectivity index (χ0) is 24.6. The molecule has 1 aliphatic carbocycles. The number of rotatable bonds is 6. The Morgan fingerprint density at radius 1 is 0.972 bits per heavy atom. The number of piperidine rings is 1. The van der Waals surface area contributed by atoms with Crippen LogP contribution < -0.4 is 4.90 Å². The van der Waals surface area contributed by atoms with Crippen LogP contribution in [0.3, 0.4) is 0 Å². The van der Waals surface area contributed by atoms with Gasteiger partial charge in [-0.2, -0.15) is 0 Å². The number of carboxylic acid groups (broad SMARTS) is 1. The number of nitrogens with zero attached hydrogens (tertiary/aromatic N) is 6. The third kappa shape index (κ3) is 4.14. The maximum Gasteiger partial charge on any atom is 0.328 e. The first-order valence-electron chi connectivity index (χ1n) is 12.5. The van der Waals surface area contributed by atoms with E-state index in [9.17, 15) is 15.0 Å². The summed E-state index contributed by atoms with van der Waals surface area (Å²) in [5.74, 6) is 0.661. The molecule has 3 heterocycles. The molecule has 1 aliphatic heterocycles. The summed E-state index contributed by atoms with van der Waals surface area (Å²) in [6.07, 6.45) is 6.68. The van der Waals surface area contributed by atoms with Gasteiger partial charge in [0, 0.05) is 24.0 Å². The molecule has 0 bridgehead atoms. The van der Waals surface area contributed by atoms with E-state index in [4.69, 9.17) is 0 Å². The van der Waals surface area contributed by atoms with Crippen LogP contribution in [0.4, 0.5) is 5.82 Å². The summed E-state index contributed by atoms with van der Waals surface area (Å²) >= 11 is 0. The minimum atomic E-state index is -0.832. The van der Waals surface area contributed by atoms with Gasteiger partial charge in [-0.3, -0.25) is 0 Å². The minimum absolute atomic E-state index is 0.147. The Bertz CT molecular complexity index is 1410. The minimum Gasteiger partial charge on any atom is -0.507 e. The van der Waals surface area contributed by atoms with Gasteiger partial charge in [-0.05, 0) is 67.3 Å². The van der Waals surface area contributed by atoms with Gasteiger partial charge in [0.15, 0.2) is 11.9 Å². The average molecular weight is 485 g/mol. The Hall–Kier alpha value is -4.01. The highest BCUT2D eigenvalue weighted by Crippen LogP contribution is 2.37. The van der Waals surface area contributed by atoms with Crippen molar-refractivity contribution in [1.29, 1.82) is 0 Å². The molecule has 1 saturated carbocycles. The molecule has 1 atom stereocenters. The summed E-state index contributed by atoms with van der Waals surface area (Å²) in [4.78, 5) is 14.0. The van der Waals surface area contributed by atoms with Crippen LogP contribution in [0.15, 0.2) is 54.7 Å². The number of carboxylic acids is 1. The largest absolute Gasteiger partial charge is 0.507 e. The highest BCUT2D eigenvalue weighted by atomic mass is 16.4. The molecular weight excluding hydrogens is 456 g/mol. The lowest BCUT2D eigenvalue weighted by atomic mass is 9.80. The van der Waals surface area contributed by atoms with Crippen LogP contribution in [-0.2, 0) is 4.79 Å². The van der Waals surface area contributed by atoms with Crippen molar-refractivity contribution in [2.24, 2.45) is 5.92 Å². The van der Waals surface area contributed by atoms with E-state index in [-0.39, 0.29) is 11.7 Å². The van der Waals surface area contributed by atoms with E-state index in [0.717, 1.165) is 61.9 Å². The Labute approximate surface area is 208 Å². The fraction of sp³-hybridized carbons (Fsp3) is 0.370.